The number of rotatable bonds is 8. The molecular weight excluding hydrogens is 280 g/mol. The van der Waals surface area contributed by atoms with E-state index in [-0.39, 0.29) is 12.6 Å². The second-order valence-electron chi connectivity index (χ2n) is 4.55. The first-order chi connectivity index (χ1) is 10.8. The molecule has 5 heteroatoms. The molecule has 0 unspecified atom stereocenters. The van der Waals surface area contributed by atoms with Gasteiger partial charge in [0.1, 0.15) is 5.75 Å². The number of benzene rings is 2. The van der Waals surface area contributed by atoms with E-state index in [9.17, 15) is 4.79 Å². The molecule has 0 fully saturated rings. The molecule has 0 heterocycles. The van der Waals surface area contributed by atoms with Crippen LogP contribution in [-0.4, -0.2) is 19.2 Å². The maximum atomic E-state index is 11.4. The van der Waals surface area contributed by atoms with Crippen LogP contribution in [0.1, 0.15) is 12.5 Å². The summed E-state index contributed by atoms with van der Waals surface area (Å²) in [7, 11) is 0. The summed E-state index contributed by atoms with van der Waals surface area (Å²) in [5.74, 6) is 0.297. The summed E-state index contributed by atoms with van der Waals surface area (Å²) in [6.07, 6.45) is 0. The van der Waals surface area contributed by atoms with Crippen molar-refractivity contribution in [2.24, 2.45) is 0 Å². The van der Waals surface area contributed by atoms with Gasteiger partial charge in [-0.2, -0.15) is 0 Å². The largest absolute Gasteiger partial charge is 0.482 e. The average Bonchev–Trinajstić information content (AvgIpc) is 2.55. The zero-order valence-electron chi connectivity index (χ0n) is 12.5. The van der Waals surface area contributed by atoms with E-state index < -0.39 is 0 Å². The molecule has 0 amide bonds. The summed E-state index contributed by atoms with van der Waals surface area (Å²) in [6, 6.07) is 17.4. The predicted molar refractivity (Wildman–Crippen MR) is 85.5 cm³/mol. The predicted octanol–water partition coefficient (Wildman–Crippen LogP) is 2.75. The Bertz CT molecular complexity index is 587. The normalized spacial score (nSPS) is 10.0. The summed E-state index contributed by atoms with van der Waals surface area (Å²) in [4.78, 5) is 11.4. The fourth-order valence-electron chi connectivity index (χ4n) is 1.89. The molecule has 0 radical (unpaired) electrons. The Balaban J connectivity index is 1.86. The molecule has 2 rings (SSSR count). The van der Waals surface area contributed by atoms with Crippen molar-refractivity contribution in [1.82, 2.24) is 5.43 Å². The van der Waals surface area contributed by atoms with Crippen LogP contribution in [0.5, 0.6) is 5.75 Å². The third-order valence-electron chi connectivity index (χ3n) is 2.91. The van der Waals surface area contributed by atoms with Crippen molar-refractivity contribution >= 4 is 11.7 Å². The molecule has 2 N–H and O–H groups in total. The zero-order valence-corrected chi connectivity index (χ0v) is 12.5. The highest BCUT2D eigenvalue weighted by Crippen LogP contribution is 2.17. The van der Waals surface area contributed by atoms with E-state index in [0.29, 0.717) is 18.9 Å². The fourth-order valence-corrected chi connectivity index (χ4v) is 1.89. The lowest BCUT2D eigenvalue weighted by atomic mass is 10.2. The third kappa shape index (κ3) is 5.10. The highest BCUT2D eigenvalue weighted by molar-refractivity contribution is 5.71. The van der Waals surface area contributed by atoms with Crippen molar-refractivity contribution in [3.05, 3.63) is 60.2 Å². The summed E-state index contributed by atoms with van der Waals surface area (Å²) >= 11 is 0. The average molecular weight is 300 g/mol. The van der Waals surface area contributed by atoms with Crippen LogP contribution < -0.4 is 15.6 Å². The minimum atomic E-state index is -0.368. The molecule has 22 heavy (non-hydrogen) atoms. The van der Waals surface area contributed by atoms with Crippen molar-refractivity contribution < 1.29 is 14.3 Å². The van der Waals surface area contributed by atoms with Crippen molar-refractivity contribution in [3.63, 3.8) is 0 Å². The Hall–Kier alpha value is -2.53. The van der Waals surface area contributed by atoms with Crippen LogP contribution >= 0.6 is 0 Å². The number of esters is 1. The molecule has 116 valence electrons. The number of para-hydroxylation sites is 2. The minimum absolute atomic E-state index is 0.0863. The Kier molecular flexibility index (Phi) is 6.26. The molecule has 2 aromatic carbocycles. The fraction of sp³-hybridized carbons (Fsp3) is 0.235. The standard InChI is InChI=1S/C17H20N2O3/c1-2-21-17(20)13-22-16-11-7-6-8-14(16)12-18-19-15-9-4-3-5-10-15/h3-11,18-19H,2,12-13H2,1H3. The van der Waals surface area contributed by atoms with Crippen molar-refractivity contribution in [3.8, 4) is 5.75 Å². The van der Waals surface area contributed by atoms with Crippen molar-refractivity contribution in [2.75, 3.05) is 18.6 Å². The molecule has 0 aliphatic carbocycles. The first kappa shape index (κ1) is 15.9. The topological polar surface area (TPSA) is 59.6 Å². The van der Waals surface area contributed by atoms with Gasteiger partial charge in [0.05, 0.1) is 6.61 Å². The first-order valence-corrected chi connectivity index (χ1v) is 7.20. The molecule has 0 saturated carbocycles. The summed E-state index contributed by atoms with van der Waals surface area (Å²) in [5.41, 5.74) is 8.17. The van der Waals surface area contributed by atoms with Crippen LogP contribution in [0.4, 0.5) is 5.69 Å². The van der Waals surface area contributed by atoms with E-state index in [0.717, 1.165) is 11.3 Å². The summed E-state index contributed by atoms with van der Waals surface area (Å²) < 4.78 is 10.4. The van der Waals surface area contributed by atoms with Gasteiger partial charge in [-0.3, -0.25) is 0 Å². The molecule has 2 aromatic rings. The highest BCUT2D eigenvalue weighted by atomic mass is 16.6. The van der Waals surface area contributed by atoms with Crippen LogP contribution in [-0.2, 0) is 16.1 Å². The quantitative estimate of drug-likeness (QED) is 0.580. The summed E-state index contributed by atoms with van der Waals surface area (Å²) in [6.45, 7) is 2.60. The van der Waals surface area contributed by atoms with Gasteiger partial charge in [-0.15, -0.1) is 0 Å². The maximum absolute atomic E-state index is 11.4. The van der Waals surface area contributed by atoms with Crippen molar-refractivity contribution in [2.45, 2.75) is 13.5 Å². The van der Waals surface area contributed by atoms with E-state index in [1.54, 1.807) is 6.92 Å². The van der Waals surface area contributed by atoms with Gasteiger partial charge in [-0.1, -0.05) is 36.4 Å². The van der Waals surface area contributed by atoms with E-state index in [1.165, 1.54) is 0 Å². The molecule has 0 bridgehead atoms. The van der Waals surface area contributed by atoms with Crippen LogP contribution in [0.2, 0.25) is 0 Å². The molecule has 0 aromatic heterocycles. The van der Waals surface area contributed by atoms with Crippen LogP contribution in [0.25, 0.3) is 0 Å². The van der Waals surface area contributed by atoms with Gasteiger partial charge < -0.3 is 14.9 Å². The molecule has 0 atom stereocenters. The maximum Gasteiger partial charge on any atom is 0.344 e. The van der Waals surface area contributed by atoms with Gasteiger partial charge in [0.15, 0.2) is 6.61 Å². The lowest BCUT2D eigenvalue weighted by molar-refractivity contribution is -0.145. The number of hydrogen-bond donors (Lipinski definition) is 2. The lowest BCUT2D eigenvalue weighted by Crippen LogP contribution is -2.22. The Morgan fingerprint density at radius 2 is 1.77 bits per heavy atom. The highest BCUT2D eigenvalue weighted by Gasteiger charge is 2.06. The second kappa shape index (κ2) is 8.69. The van der Waals surface area contributed by atoms with E-state index in [1.807, 2.05) is 54.6 Å². The van der Waals surface area contributed by atoms with Gasteiger partial charge in [-0.25, -0.2) is 10.2 Å². The number of nitrogens with one attached hydrogen (secondary N) is 2. The third-order valence-corrected chi connectivity index (χ3v) is 2.91. The minimum Gasteiger partial charge on any atom is -0.482 e. The van der Waals surface area contributed by atoms with Crippen LogP contribution in [0, 0.1) is 0 Å². The molecule has 0 saturated heterocycles. The van der Waals surface area contributed by atoms with Gasteiger partial charge in [0.25, 0.3) is 0 Å². The van der Waals surface area contributed by atoms with Crippen molar-refractivity contribution in [1.29, 1.82) is 0 Å². The number of carbonyl (C=O) groups is 1. The summed E-state index contributed by atoms with van der Waals surface area (Å²) in [5, 5.41) is 0. The molecule has 0 aliphatic heterocycles. The SMILES string of the molecule is CCOC(=O)COc1ccccc1CNNc1ccccc1. The van der Waals surface area contributed by atoms with E-state index >= 15 is 0 Å². The van der Waals surface area contributed by atoms with Gasteiger partial charge in [0.2, 0.25) is 0 Å². The van der Waals surface area contributed by atoms with Crippen LogP contribution in [0.15, 0.2) is 54.6 Å². The zero-order chi connectivity index (χ0) is 15.6. The number of anilines is 1. The Labute approximate surface area is 130 Å². The Morgan fingerprint density at radius 3 is 2.55 bits per heavy atom. The number of ether oxygens (including phenoxy) is 2. The first-order valence-electron chi connectivity index (χ1n) is 7.20. The van der Waals surface area contributed by atoms with Gasteiger partial charge >= 0.3 is 5.97 Å². The van der Waals surface area contributed by atoms with Crippen LogP contribution in [0.3, 0.4) is 0 Å². The number of hydrogen-bond acceptors (Lipinski definition) is 5. The molecular formula is C17H20N2O3. The van der Waals surface area contributed by atoms with E-state index in [4.69, 9.17) is 9.47 Å². The number of carbonyl (C=O) groups excluding carboxylic acids is 1. The molecule has 0 spiro atoms. The van der Waals surface area contributed by atoms with Gasteiger partial charge in [0, 0.05) is 17.8 Å². The van der Waals surface area contributed by atoms with Gasteiger partial charge in [-0.05, 0) is 25.1 Å². The monoisotopic (exact) mass is 300 g/mol. The number of hydrazine groups is 1. The second-order valence-corrected chi connectivity index (χ2v) is 4.55. The Morgan fingerprint density at radius 1 is 1.05 bits per heavy atom. The van der Waals surface area contributed by atoms with E-state index in [2.05, 4.69) is 10.9 Å². The lowest BCUT2D eigenvalue weighted by Gasteiger charge is -2.13. The molecule has 0 aliphatic rings. The molecule has 5 nitrogen and oxygen atoms in total. The smallest absolute Gasteiger partial charge is 0.344 e.